The zero-order valence-electron chi connectivity index (χ0n) is 12.6. The third kappa shape index (κ3) is 4.22. The molecule has 2 rings (SSSR count). The van der Waals surface area contributed by atoms with Crippen LogP contribution in [0.5, 0.6) is 0 Å². The van der Waals surface area contributed by atoms with E-state index in [0.29, 0.717) is 0 Å². The Morgan fingerprint density at radius 1 is 1.00 bits per heavy atom. The smallest absolute Gasteiger partial charge is 0.0343 e. The molecule has 1 heterocycles. The van der Waals surface area contributed by atoms with Gasteiger partial charge in [0.25, 0.3) is 0 Å². The first-order valence-electron chi connectivity index (χ1n) is 7.45. The highest BCUT2D eigenvalue weighted by Crippen LogP contribution is 2.13. The van der Waals surface area contributed by atoms with Crippen molar-refractivity contribution >= 4 is 5.69 Å². The lowest BCUT2D eigenvalue weighted by molar-refractivity contribution is 0.141. The molecule has 0 atom stereocenters. The molecule has 3 heteroatoms. The Hall–Kier alpha value is -1.06. The van der Waals surface area contributed by atoms with Gasteiger partial charge >= 0.3 is 0 Å². The topological polar surface area (TPSA) is 18.5 Å². The molecule has 1 aromatic carbocycles. The summed E-state index contributed by atoms with van der Waals surface area (Å²) in [5, 5.41) is 3.53. The van der Waals surface area contributed by atoms with Crippen LogP contribution in [0.4, 0.5) is 5.69 Å². The van der Waals surface area contributed by atoms with E-state index in [0.717, 1.165) is 13.1 Å². The summed E-state index contributed by atoms with van der Waals surface area (Å²) in [7, 11) is 0. The fraction of sp³-hybridized carbons (Fsp3) is 0.625. The van der Waals surface area contributed by atoms with Gasteiger partial charge in [-0.25, -0.2) is 0 Å². The summed E-state index contributed by atoms with van der Waals surface area (Å²) in [5.74, 6) is 0. The summed E-state index contributed by atoms with van der Waals surface area (Å²) >= 11 is 0. The zero-order chi connectivity index (χ0) is 13.7. The number of rotatable bonds is 5. The average molecular weight is 261 g/mol. The summed E-state index contributed by atoms with van der Waals surface area (Å²) in [6.07, 6.45) is 0. The van der Waals surface area contributed by atoms with Crippen molar-refractivity contribution in [2.45, 2.75) is 20.8 Å². The van der Waals surface area contributed by atoms with Crippen molar-refractivity contribution < 1.29 is 0 Å². The van der Waals surface area contributed by atoms with Gasteiger partial charge in [0.2, 0.25) is 0 Å². The minimum Gasteiger partial charge on any atom is -0.384 e. The average Bonchev–Trinajstić information content (AvgIpc) is 2.43. The number of benzene rings is 1. The number of hydrogen-bond acceptors (Lipinski definition) is 3. The van der Waals surface area contributed by atoms with Crippen LogP contribution >= 0.6 is 0 Å². The highest BCUT2D eigenvalue weighted by atomic mass is 15.3. The van der Waals surface area contributed by atoms with Crippen molar-refractivity contribution in [1.29, 1.82) is 0 Å². The Labute approximate surface area is 117 Å². The van der Waals surface area contributed by atoms with E-state index in [2.05, 4.69) is 54.1 Å². The maximum Gasteiger partial charge on any atom is 0.0343 e. The highest BCUT2D eigenvalue weighted by molar-refractivity contribution is 5.48. The Morgan fingerprint density at radius 3 is 2.32 bits per heavy atom. The molecule has 0 aromatic heterocycles. The maximum absolute atomic E-state index is 3.53. The number of aryl methyl sites for hydroxylation is 2. The van der Waals surface area contributed by atoms with Crippen molar-refractivity contribution in [2.24, 2.45) is 0 Å². The van der Waals surface area contributed by atoms with Crippen molar-refractivity contribution in [3.8, 4) is 0 Å². The van der Waals surface area contributed by atoms with Gasteiger partial charge in [-0.1, -0.05) is 13.0 Å². The lowest BCUT2D eigenvalue weighted by atomic mass is 10.1. The van der Waals surface area contributed by atoms with E-state index in [-0.39, 0.29) is 0 Å². The molecule has 0 amide bonds. The van der Waals surface area contributed by atoms with Crippen molar-refractivity contribution in [3.05, 3.63) is 29.3 Å². The second-order valence-electron chi connectivity index (χ2n) is 5.50. The van der Waals surface area contributed by atoms with E-state index in [1.54, 1.807) is 0 Å². The Bertz CT molecular complexity index is 395. The molecule has 0 aliphatic carbocycles. The lowest BCUT2D eigenvalue weighted by Gasteiger charge is -2.34. The van der Waals surface area contributed by atoms with Crippen LogP contribution in [0, 0.1) is 13.8 Å². The van der Waals surface area contributed by atoms with Crippen LogP contribution in [-0.2, 0) is 0 Å². The number of hydrogen-bond donors (Lipinski definition) is 1. The van der Waals surface area contributed by atoms with Crippen LogP contribution in [0.25, 0.3) is 0 Å². The number of piperazine rings is 1. The fourth-order valence-electron chi connectivity index (χ4n) is 2.54. The van der Waals surface area contributed by atoms with Gasteiger partial charge in [-0.3, -0.25) is 4.90 Å². The standard InChI is InChI=1S/C16H27N3/c1-4-18-9-11-19(12-10-18)8-7-17-16-6-5-14(2)15(3)13-16/h5-6,13,17H,4,7-12H2,1-3H3. The Balaban J connectivity index is 1.70. The van der Waals surface area contributed by atoms with Crippen LogP contribution in [0.1, 0.15) is 18.1 Å². The summed E-state index contributed by atoms with van der Waals surface area (Å²) < 4.78 is 0. The normalized spacial score (nSPS) is 17.6. The molecule has 1 N–H and O–H groups in total. The first-order valence-corrected chi connectivity index (χ1v) is 7.45. The second kappa shape index (κ2) is 6.92. The third-order valence-electron chi connectivity index (χ3n) is 4.18. The van der Waals surface area contributed by atoms with E-state index in [1.807, 2.05) is 0 Å². The SMILES string of the molecule is CCN1CCN(CCNc2ccc(C)c(C)c2)CC1. The first-order chi connectivity index (χ1) is 9.19. The molecular formula is C16H27N3. The van der Waals surface area contributed by atoms with Crippen LogP contribution in [-0.4, -0.2) is 55.6 Å². The molecule has 0 saturated carbocycles. The molecule has 0 bridgehead atoms. The summed E-state index contributed by atoms with van der Waals surface area (Å²) in [4.78, 5) is 5.08. The van der Waals surface area contributed by atoms with E-state index in [9.17, 15) is 0 Å². The Kier molecular flexibility index (Phi) is 5.23. The maximum atomic E-state index is 3.53. The molecule has 1 saturated heterocycles. The molecule has 19 heavy (non-hydrogen) atoms. The van der Waals surface area contributed by atoms with Gasteiger partial charge in [-0.2, -0.15) is 0 Å². The largest absolute Gasteiger partial charge is 0.384 e. The van der Waals surface area contributed by atoms with Gasteiger partial charge in [0.1, 0.15) is 0 Å². The molecule has 1 fully saturated rings. The number of anilines is 1. The predicted molar refractivity (Wildman–Crippen MR) is 83.0 cm³/mol. The Morgan fingerprint density at radius 2 is 1.68 bits per heavy atom. The van der Waals surface area contributed by atoms with E-state index in [4.69, 9.17) is 0 Å². The summed E-state index contributed by atoms with van der Waals surface area (Å²) in [5.41, 5.74) is 3.97. The van der Waals surface area contributed by atoms with Gasteiger partial charge in [0.05, 0.1) is 0 Å². The number of nitrogens with zero attached hydrogens (tertiary/aromatic N) is 2. The van der Waals surface area contributed by atoms with E-state index >= 15 is 0 Å². The highest BCUT2D eigenvalue weighted by Gasteiger charge is 2.14. The molecule has 0 unspecified atom stereocenters. The molecular weight excluding hydrogens is 234 g/mol. The second-order valence-corrected chi connectivity index (χ2v) is 5.50. The third-order valence-corrected chi connectivity index (χ3v) is 4.18. The van der Waals surface area contributed by atoms with Gasteiger partial charge in [-0.15, -0.1) is 0 Å². The number of likely N-dealkylation sites (N-methyl/N-ethyl adjacent to an activating group) is 1. The van der Waals surface area contributed by atoms with Gasteiger partial charge in [0.15, 0.2) is 0 Å². The minimum absolute atomic E-state index is 1.04. The van der Waals surface area contributed by atoms with Gasteiger partial charge in [0, 0.05) is 45.0 Å². The molecule has 1 aliphatic rings. The van der Waals surface area contributed by atoms with E-state index < -0.39 is 0 Å². The molecule has 1 aliphatic heterocycles. The van der Waals surface area contributed by atoms with Gasteiger partial charge < -0.3 is 10.2 Å². The van der Waals surface area contributed by atoms with Crippen molar-refractivity contribution in [1.82, 2.24) is 9.80 Å². The summed E-state index contributed by atoms with van der Waals surface area (Å²) in [6.45, 7) is 14.8. The molecule has 0 radical (unpaired) electrons. The van der Waals surface area contributed by atoms with Crippen LogP contribution in [0.15, 0.2) is 18.2 Å². The van der Waals surface area contributed by atoms with Crippen LogP contribution in [0.3, 0.4) is 0 Å². The molecule has 0 spiro atoms. The van der Waals surface area contributed by atoms with Crippen LogP contribution in [0.2, 0.25) is 0 Å². The molecule has 106 valence electrons. The van der Waals surface area contributed by atoms with Crippen molar-refractivity contribution in [3.63, 3.8) is 0 Å². The summed E-state index contributed by atoms with van der Waals surface area (Å²) in [6, 6.07) is 6.61. The lowest BCUT2D eigenvalue weighted by Crippen LogP contribution is -2.47. The van der Waals surface area contributed by atoms with Crippen LogP contribution < -0.4 is 5.32 Å². The minimum atomic E-state index is 1.04. The first kappa shape index (κ1) is 14.4. The predicted octanol–water partition coefficient (Wildman–Crippen LogP) is 2.35. The van der Waals surface area contributed by atoms with Crippen molar-refractivity contribution in [2.75, 3.05) is 51.1 Å². The molecule has 1 aromatic rings. The fourth-order valence-corrected chi connectivity index (χ4v) is 2.54. The molecule has 3 nitrogen and oxygen atoms in total. The quantitative estimate of drug-likeness (QED) is 0.878. The number of nitrogens with one attached hydrogen (secondary N) is 1. The monoisotopic (exact) mass is 261 g/mol. The van der Waals surface area contributed by atoms with Gasteiger partial charge in [-0.05, 0) is 43.7 Å². The van der Waals surface area contributed by atoms with E-state index in [1.165, 1.54) is 49.5 Å². The zero-order valence-corrected chi connectivity index (χ0v) is 12.6.